The van der Waals surface area contributed by atoms with E-state index in [1.807, 2.05) is 0 Å². The van der Waals surface area contributed by atoms with Gasteiger partial charge in [-0.25, -0.2) is 4.39 Å². The molecular weight excluding hydrogens is 169 g/mol. The maximum atomic E-state index is 12.6. The highest BCUT2D eigenvalue weighted by atomic mass is 35.5. The van der Waals surface area contributed by atoms with Crippen LogP contribution in [0.5, 0.6) is 5.75 Å². The van der Waals surface area contributed by atoms with Crippen molar-refractivity contribution in [1.82, 2.24) is 0 Å². The SMILES string of the molecule is Cc1ccc(ON)c(F)c1.Cl. The Labute approximate surface area is 70.5 Å². The summed E-state index contributed by atoms with van der Waals surface area (Å²) in [5.41, 5.74) is 0.846. The number of halogens is 2. The van der Waals surface area contributed by atoms with Crippen molar-refractivity contribution in [3.8, 4) is 5.75 Å². The summed E-state index contributed by atoms with van der Waals surface area (Å²) in [5.74, 6) is 4.41. The van der Waals surface area contributed by atoms with Gasteiger partial charge in [-0.2, -0.15) is 5.90 Å². The van der Waals surface area contributed by atoms with Crippen LogP contribution in [-0.4, -0.2) is 0 Å². The summed E-state index contributed by atoms with van der Waals surface area (Å²) in [6.45, 7) is 1.80. The number of hydrogen-bond donors (Lipinski definition) is 1. The smallest absolute Gasteiger partial charge is 0.182 e. The van der Waals surface area contributed by atoms with Crippen LogP contribution in [-0.2, 0) is 0 Å². The minimum atomic E-state index is -0.428. The van der Waals surface area contributed by atoms with Crippen molar-refractivity contribution in [3.05, 3.63) is 29.6 Å². The summed E-state index contributed by atoms with van der Waals surface area (Å²) in [4.78, 5) is 4.22. The summed E-state index contributed by atoms with van der Waals surface area (Å²) in [6, 6.07) is 4.58. The molecule has 0 saturated carbocycles. The second-order valence-electron chi connectivity index (χ2n) is 2.05. The van der Waals surface area contributed by atoms with Gasteiger partial charge in [0.2, 0.25) is 0 Å². The van der Waals surface area contributed by atoms with E-state index in [9.17, 15) is 4.39 Å². The Morgan fingerprint density at radius 1 is 1.45 bits per heavy atom. The monoisotopic (exact) mass is 177 g/mol. The molecule has 11 heavy (non-hydrogen) atoms. The van der Waals surface area contributed by atoms with E-state index in [4.69, 9.17) is 5.90 Å². The Kier molecular flexibility index (Phi) is 3.85. The highest BCUT2D eigenvalue weighted by Crippen LogP contribution is 2.15. The lowest BCUT2D eigenvalue weighted by atomic mass is 10.2. The molecule has 0 atom stereocenters. The van der Waals surface area contributed by atoms with Gasteiger partial charge in [-0.1, -0.05) is 6.07 Å². The van der Waals surface area contributed by atoms with Crippen LogP contribution in [0.15, 0.2) is 18.2 Å². The Morgan fingerprint density at radius 3 is 2.55 bits per heavy atom. The van der Waals surface area contributed by atoms with Crippen molar-refractivity contribution < 1.29 is 9.23 Å². The van der Waals surface area contributed by atoms with E-state index in [1.165, 1.54) is 12.1 Å². The lowest BCUT2D eigenvalue weighted by Crippen LogP contribution is -2.03. The molecule has 1 rings (SSSR count). The molecule has 0 heterocycles. The fourth-order valence-electron chi connectivity index (χ4n) is 0.701. The Hall–Kier alpha value is -0.800. The summed E-state index contributed by atoms with van der Waals surface area (Å²) in [7, 11) is 0. The van der Waals surface area contributed by atoms with E-state index in [0.29, 0.717) is 0 Å². The van der Waals surface area contributed by atoms with Crippen LogP contribution in [0, 0.1) is 12.7 Å². The molecule has 2 nitrogen and oxygen atoms in total. The average Bonchev–Trinajstić information content (AvgIpc) is 1.88. The summed E-state index contributed by atoms with van der Waals surface area (Å²) in [5, 5.41) is 0. The summed E-state index contributed by atoms with van der Waals surface area (Å²) >= 11 is 0. The van der Waals surface area contributed by atoms with Crippen molar-refractivity contribution in [2.45, 2.75) is 6.92 Å². The van der Waals surface area contributed by atoms with Crippen molar-refractivity contribution in [2.24, 2.45) is 5.90 Å². The third-order valence-corrected chi connectivity index (χ3v) is 1.21. The zero-order valence-electron chi connectivity index (χ0n) is 6.00. The Morgan fingerprint density at radius 2 is 2.09 bits per heavy atom. The molecule has 0 unspecified atom stereocenters. The molecule has 1 aromatic carbocycles. The second-order valence-corrected chi connectivity index (χ2v) is 2.05. The van der Waals surface area contributed by atoms with E-state index >= 15 is 0 Å². The lowest BCUT2D eigenvalue weighted by Gasteiger charge is -1.99. The first kappa shape index (κ1) is 10.2. The largest absolute Gasteiger partial charge is 0.408 e. The standard InChI is InChI=1S/C7H8FNO.ClH/c1-5-2-3-7(10-9)6(8)4-5;/h2-4H,9H2,1H3;1H. The fraction of sp³-hybridized carbons (Fsp3) is 0.143. The van der Waals surface area contributed by atoms with Gasteiger partial charge in [-0.15, -0.1) is 12.4 Å². The topological polar surface area (TPSA) is 35.2 Å². The van der Waals surface area contributed by atoms with E-state index in [0.717, 1.165) is 5.56 Å². The molecule has 0 bridgehead atoms. The van der Waals surface area contributed by atoms with Gasteiger partial charge in [-0.3, -0.25) is 0 Å². The average molecular weight is 178 g/mol. The van der Waals surface area contributed by atoms with Crippen molar-refractivity contribution in [3.63, 3.8) is 0 Å². The van der Waals surface area contributed by atoms with E-state index in [1.54, 1.807) is 13.0 Å². The molecule has 0 fully saturated rings. The van der Waals surface area contributed by atoms with Crippen LogP contribution >= 0.6 is 12.4 Å². The number of aryl methyl sites for hydroxylation is 1. The third kappa shape index (κ3) is 2.37. The third-order valence-electron chi connectivity index (χ3n) is 1.21. The van der Waals surface area contributed by atoms with Crippen LogP contribution in [0.25, 0.3) is 0 Å². The first-order valence-electron chi connectivity index (χ1n) is 2.87. The first-order valence-corrected chi connectivity index (χ1v) is 2.87. The van der Waals surface area contributed by atoms with Crippen molar-refractivity contribution in [2.75, 3.05) is 0 Å². The van der Waals surface area contributed by atoms with Gasteiger partial charge in [-0.05, 0) is 24.6 Å². The molecule has 62 valence electrons. The lowest BCUT2D eigenvalue weighted by molar-refractivity contribution is 0.315. The number of benzene rings is 1. The van der Waals surface area contributed by atoms with Crippen LogP contribution in [0.1, 0.15) is 5.56 Å². The van der Waals surface area contributed by atoms with Crippen molar-refractivity contribution >= 4 is 12.4 Å². The van der Waals surface area contributed by atoms with Crippen LogP contribution in [0.2, 0.25) is 0 Å². The van der Waals surface area contributed by atoms with Gasteiger partial charge < -0.3 is 4.84 Å². The zero-order valence-corrected chi connectivity index (χ0v) is 6.82. The Bertz CT molecular complexity index is 242. The second kappa shape index (κ2) is 4.16. The maximum Gasteiger partial charge on any atom is 0.182 e. The molecule has 0 aromatic heterocycles. The predicted molar refractivity (Wildman–Crippen MR) is 43.2 cm³/mol. The van der Waals surface area contributed by atoms with Crippen molar-refractivity contribution in [1.29, 1.82) is 0 Å². The first-order chi connectivity index (χ1) is 4.74. The van der Waals surface area contributed by atoms with Gasteiger partial charge >= 0.3 is 0 Å². The van der Waals surface area contributed by atoms with E-state index < -0.39 is 5.82 Å². The van der Waals surface area contributed by atoms with Gasteiger partial charge in [0.15, 0.2) is 11.6 Å². The van der Waals surface area contributed by atoms with Gasteiger partial charge in [0, 0.05) is 0 Å². The molecule has 0 amide bonds. The Balaban J connectivity index is 0.000001000. The summed E-state index contributed by atoms with van der Waals surface area (Å²) < 4.78 is 12.6. The molecule has 0 radical (unpaired) electrons. The molecule has 1 aromatic rings. The normalized spacial score (nSPS) is 8.64. The number of nitrogens with two attached hydrogens (primary N) is 1. The number of hydrogen-bond acceptors (Lipinski definition) is 2. The van der Waals surface area contributed by atoms with Gasteiger partial charge in [0.1, 0.15) is 0 Å². The van der Waals surface area contributed by atoms with E-state index in [-0.39, 0.29) is 18.2 Å². The summed E-state index contributed by atoms with van der Waals surface area (Å²) in [6.07, 6.45) is 0. The predicted octanol–water partition coefficient (Wildman–Crippen LogP) is 1.81. The van der Waals surface area contributed by atoms with E-state index in [2.05, 4.69) is 4.84 Å². The maximum absolute atomic E-state index is 12.6. The minimum absolute atomic E-state index is 0. The quantitative estimate of drug-likeness (QED) is 0.664. The van der Waals surface area contributed by atoms with Gasteiger partial charge in [0.05, 0.1) is 0 Å². The molecule has 0 aliphatic rings. The molecule has 0 spiro atoms. The fourth-order valence-corrected chi connectivity index (χ4v) is 0.701. The minimum Gasteiger partial charge on any atom is -0.408 e. The van der Waals surface area contributed by atoms with Gasteiger partial charge in [0.25, 0.3) is 0 Å². The van der Waals surface area contributed by atoms with Crippen LogP contribution in [0.3, 0.4) is 0 Å². The number of rotatable bonds is 1. The highest BCUT2D eigenvalue weighted by Gasteiger charge is 1.99. The molecule has 0 aliphatic carbocycles. The molecule has 0 saturated heterocycles. The zero-order chi connectivity index (χ0) is 7.56. The molecule has 0 aliphatic heterocycles. The molecule has 4 heteroatoms. The molecular formula is C7H9ClFNO. The van der Waals surface area contributed by atoms with Crippen LogP contribution < -0.4 is 10.7 Å². The molecule has 2 N–H and O–H groups in total. The van der Waals surface area contributed by atoms with Crippen LogP contribution in [0.4, 0.5) is 4.39 Å². The highest BCUT2D eigenvalue weighted by molar-refractivity contribution is 5.85.